The van der Waals surface area contributed by atoms with Gasteiger partial charge in [-0.2, -0.15) is 0 Å². The Morgan fingerprint density at radius 3 is 2.12 bits per heavy atom. The molecule has 94 valence electrons. The minimum atomic E-state index is -1.04. The minimum Gasteiger partial charge on any atom is -0.480 e. The third-order valence-corrected chi connectivity index (χ3v) is 1.70. The Morgan fingerprint density at radius 2 is 1.81 bits per heavy atom. The molecule has 2 N–H and O–H groups in total. The van der Waals surface area contributed by atoms with Crippen molar-refractivity contribution in [2.75, 3.05) is 0 Å². The topological polar surface area (TPSA) is 75.6 Å². The van der Waals surface area contributed by atoms with Gasteiger partial charge in [-0.1, -0.05) is 13.8 Å². The molecular weight excluding hydrogens is 212 g/mol. The molecule has 0 aliphatic carbocycles. The number of carbonyl (C=O) groups excluding carboxylic acids is 1. The van der Waals surface area contributed by atoms with Crippen LogP contribution in [0.3, 0.4) is 0 Å². The molecule has 0 fully saturated rings. The summed E-state index contributed by atoms with van der Waals surface area (Å²) in [6, 6.07) is -0.894. The number of amides is 1. The van der Waals surface area contributed by atoms with Crippen LogP contribution in [-0.4, -0.2) is 28.8 Å². The summed E-state index contributed by atoms with van der Waals surface area (Å²) in [6.07, 6.45) is -0.310. The Hall–Kier alpha value is -1.26. The number of carboxylic acids is 1. The molecule has 0 aliphatic rings. The highest BCUT2D eigenvalue weighted by molar-refractivity contribution is 5.79. The van der Waals surface area contributed by atoms with Crippen molar-refractivity contribution in [1.29, 1.82) is 0 Å². The molecule has 0 aromatic heterocycles. The largest absolute Gasteiger partial charge is 0.480 e. The molecule has 16 heavy (non-hydrogen) atoms. The number of carbonyl (C=O) groups is 2. The lowest BCUT2D eigenvalue weighted by Gasteiger charge is -2.22. The summed E-state index contributed by atoms with van der Waals surface area (Å²) in [5.41, 5.74) is -0.620. The van der Waals surface area contributed by atoms with E-state index in [1.165, 1.54) is 0 Å². The number of carboxylic acid groups (broad SMARTS) is 1. The molecule has 1 amide bonds. The molecule has 0 aromatic rings. The molecule has 0 spiro atoms. The second-order valence-corrected chi connectivity index (χ2v) is 5.17. The van der Waals surface area contributed by atoms with E-state index in [0.717, 1.165) is 0 Å². The number of aliphatic carboxylic acids is 1. The first-order chi connectivity index (χ1) is 7.11. The van der Waals surface area contributed by atoms with Gasteiger partial charge in [-0.15, -0.1) is 0 Å². The first-order valence-electron chi connectivity index (χ1n) is 5.34. The SMILES string of the molecule is CC(C)C[13C@H]([15NH]C(=O)OC(C)(C)C)C(=O)O. The summed E-state index contributed by atoms with van der Waals surface area (Å²) in [7, 11) is 0. The molecule has 0 unspecified atom stereocenters. The molecule has 0 radical (unpaired) electrons. The van der Waals surface area contributed by atoms with Crippen molar-refractivity contribution in [2.45, 2.75) is 52.7 Å². The van der Waals surface area contributed by atoms with Gasteiger partial charge in [0.2, 0.25) is 0 Å². The van der Waals surface area contributed by atoms with Gasteiger partial charge < -0.3 is 15.2 Å². The summed E-state index contributed by atoms with van der Waals surface area (Å²) in [6.45, 7) is 8.97. The van der Waals surface area contributed by atoms with E-state index in [4.69, 9.17) is 9.84 Å². The van der Waals surface area contributed by atoms with E-state index in [9.17, 15) is 9.59 Å². The Kier molecular flexibility index (Phi) is 5.27. The van der Waals surface area contributed by atoms with Crippen molar-refractivity contribution >= 4 is 12.1 Å². The van der Waals surface area contributed by atoms with E-state index in [1.54, 1.807) is 20.8 Å². The van der Waals surface area contributed by atoms with Crippen LogP contribution in [0.25, 0.3) is 0 Å². The van der Waals surface area contributed by atoms with Gasteiger partial charge in [-0.05, 0) is 33.1 Å². The quantitative estimate of drug-likeness (QED) is 0.575. The molecule has 0 aliphatic heterocycles. The van der Waals surface area contributed by atoms with Crippen LogP contribution in [0.15, 0.2) is 0 Å². The van der Waals surface area contributed by atoms with Gasteiger partial charge in [0.15, 0.2) is 0 Å². The highest BCUT2D eigenvalue weighted by Gasteiger charge is 2.24. The minimum absolute atomic E-state index is 0.191. The molecule has 5 heteroatoms. The van der Waals surface area contributed by atoms with Crippen LogP contribution in [-0.2, 0) is 9.53 Å². The zero-order chi connectivity index (χ0) is 12.9. The van der Waals surface area contributed by atoms with Gasteiger partial charge >= 0.3 is 12.1 Å². The summed E-state index contributed by atoms with van der Waals surface area (Å²) < 4.78 is 4.99. The monoisotopic (exact) mass is 233 g/mol. The van der Waals surface area contributed by atoms with Crippen LogP contribution >= 0.6 is 0 Å². The number of hydrogen-bond donors (Lipinski definition) is 2. The van der Waals surface area contributed by atoms with Gasteiger partial charge in [0, 0.05) is 0 Å². The molecule has 0 saturated carbocycles. The molecule has 5 nitrogen and oxygen atoms in total. The third-order valence-electron chi connectivity index (χ3n) is 1.70. The van der Waals surface area contributed by atoms with Crippen molar-refractivity contribution in [3.8, 4) is 0 Å². The summed E-state index contributed by atoms with van der Waals surface area (Å²) in [5.74, 6) is -0.851. The van der Waals surface area contributed by atoms with E-state index in [2.05, 4.69) is 5.32 Å². The maximum absolute atomic E-state index is 11.4. The molecular formula is C11H21NO4. The Morgan fingerprint density at radius 1 is 1.31 bits per heavy atom. The van der Waals surface area contributed by atoms with Gasteiger partial charge in [0.1, 0.15) is 11.6 Å². The lowest BCUT2D eigenvalue weighted by Crippen LogP contribution is -2.44. The van der Waals surface area contributed by atoms with E-state index < -0.39 is 23.7 Å². The predicted octanol–water partition coefficient (Wildman–Crippen LogP) is 2.01. The number of alkyl carbamates (subject to hydrolysis) is 1. The highest BCUT2D eigenvalue weighted by atomic mass is 16.6. The zero-order valence-electron chi connectivity index (χ0n) is 10.5. The van der Waals surface area contributed by atoms with Crippen LogP contribution in [0.1, 0.15) is 41.0 Å². The second-order valence-electron chi connectivity index (χ2n) is 5.17. The normalized spacial score (nSPS) is 13.4. The Bertz CT molecular complexity index is 255. The molecule has 0 rings (SSSR count). The molecule has 1 atom stereocenters. The van der Waals surface area contributed by atoms with Crippen LogP contribution in [0, 0.1) is 5.92 Å². The van der Waals surface area contributed by atoms with E-state index >= 15 is 0 Å². The molecule has 0 heterocycles. The average Bonchev–Trinajstić information content (AvgIpc) is 1.97. The average molecular weight is 233 g/mol. The van der Waals surface area contributed by atoms with Crippen molar-refractivity contribution in [1.82, 2.24) is 5.32 Å². The smallest absolute Gasteiger partial charge is 0.408 e. The maximum atomic E-state index is 11.4. The third kappa shape index (κ3) is 7.09. The van der Waals surface area contributed by atoms with E-state index in [0.29, 0.717) is 6.42 Å². The van der Waals surface area contributed by atoms with Crippen LogP contribution in [0.2, 0.25) is 0 Å². The van der Waals surface area contributed by atoms with Gasteiger partial charge in [0.25, 0.3) is 0 Å². The fraction of sp³-hybridized carbons (Fsp3) is 0.818. The fourth-order valence-corrected chi connectivity index (χ4v) is 1.14. The van der Waals surface area contributed by atoms with Crippen LogP contribution in [0.4, 0.5) is 4.79 Å². The molecule has 0 saturated heterocycles. The van der Waals surface area contributed by atoms with Crippen molar-refractivity contribution in [2.24, 2.45) is 5.92 Å². The van der Waals surface area contributed by atoms with Crippen LogP contribution in [0.5, 0.6) is 0 Å². The molecule has 0 aromatic carbocycles. The number of hydrogen-bond acceptors (Lipinski definition) is 3. The zero-order valence-corrected chi connectivity index (χ0v) is 10.5. The van der Waals surface area contributed by atoms with Crippen molar-refractivity contribution < 1.29 is 19.4 Å². The van der Waals surface area contributed by atoms with Gasteiger partial charge in [-0.3, -0.25) is 0 Å². The molecule has 0 bridgehead atoms. The number of rotatable bonds is 4. The maximum Gasteiger partial charge on any atom is 0.408 e. The predicted molar refractivity (Wildman–Crippen MR) is 60.2 cm³/mol. The Balaban J connectivity index is 4.30. The fourth-order valence-electron chi connectivity index (χ4n) is 1.14. The first kappa shape index (κ1) is 14.7. The second kappa shape index (κ2) is 5.72. The van der Waals surface area contributed by atoms with E-state index in [-0.39, 0.29) is 5.92 Å². The lowest BCUT2D eigenvalue weighted by molar-refractivity contribution is -0.139. The summed E-state index contributed by atoms with van der Waals surface area (Å²) in [5, 5.41) is 11.2. The van der Waals surface area contributed by atoms with Crippen molar-refractivity contribution in [3.63, 3.8) is 0 Å². The van der Waals surface area contributed by atoms with Gasteiger partial charge in [0.05, 0.1) is 0 Å². The standard InChI is InChI=1S/C11H21NO4/c1-7(2)6-8(9(13)14)12-10(15)16-11(3,4)5/h7-8H,6H2,1-5H3,(H,12,15)(H,13,14)/t8-/m0/s1/i8+1,12+1. The van der Waals surface area contributed by atoms with Crippen LogP contribution < -0.4 is 5.32 Å². The summed E-state index contributed by atoms with van der Waals surface area (Å²) in [4.78, 5) is 22.2. The highest BCUT2D eigenvalue weighted by Crippen LogP contribution is 2.09. The number of ether oxygens (including phenoxy) is 1. The van der Waals surface area contributed by atoms with Crippen molar-refractivity contribution in [3.05, 3.63) is 0 Å². The van der Waals surface area contributed by atoms with Gasteiger partial charge in [-0.25, -0.2) is 9.59 Å². The number of nitrogens with one attached hydrogen (secondary N) is 1. The first-order valence-corrected chi connectivity index (χ1v) is 5.34. The lowest BCUT2D eigenvalue weighted by atomic mass is 10.2. The van der Waals surface area contributed by atoms with E-state index in [1.807, 2.05) is 13.8 Å². The summed E-state index contributed by atoms with van der Waals surface area (Å²) >= 11 is 0. The Labute approximate surface area is 96.2 Å².